The topological polar surface area (TPSA) is 105 Å². The highest BCUT2D eigenvalue weighted by Crippen LogP contribution is 2.39. The van der Waals surface area contributed by atoms with Crippen LogP contribution in [-0.4, -0.2) is 36.3 Å². The number of aliphatic hydroxyl groups is 1. The first-order chi connectivity index (χ1) is 17.4. The Hall–Kier alpha value is -3.59. The molecule has 0 unspecified atom stereocenters. The molecule has 5 aromatic rings. The summed E-state index contributed by atoms with van der Waals surface area (Å²) in [6.45, 7) is 7.11. The van der Waals surface area contributed by atoms with Crippen LogP contribution in [0.25, 0.3) is 37.2 Å². The molecule has 0 saturated carbocycles. The van der Waals surface area contributed by atoms with Crippen molar-refractivity contribution in [3.8, 4) is 16.3 Å². The number of pyridine rings is 2. The molecule has 3 aromatic heterocycles. The van der Waals surface area contributed by atoms with Crippen LogP contribution in [0.1, 0.15) is 31.9 Å². The molecular weight excluding hydrogens is 510 g/mol. The first kappa shape index (κ1) is 26.5. The van der Waals surface area contributed by atoms with Crippen molar-refractivity contribution in [2.75, 3.05) is 0 Å². The smallest absolute Gasteiger partial charge is 0.307 e. The summed E-state index contributed by atoms with van der Waals surface area (Å²) in [5, 5.41) is 20.5. The van der Waals surface area contributed by atoms with Gasteiger partial charge in [-0.25, -0.2) is 4.98 Å². The Morgan fingerprint density at radius 2 is 1.81 bits per heavy atom. The van der Waals surface area contributed by atoms with Crippen LogP contribution in [0.15, 0.2) is 65.8 Å². The average Bonchev–Trinajstić information content (AvgIpc) is 3.22. The quantitative estimate of drug-likeness (QED) is 0.291. The highest BCUT2D eigenvalue weighted by molar-refractivity contribution is 7.21. The maximum Gasteiger partial charge on any atom is 0.307 e. The molecule has 3 heterocycles. The summed E-state index contributed by atoms with van der Waals surface area (Å²) in [6, 6.07) is 12.7. The molecule has 2 aromatic carbocycles. The van der Waals surface area contributed by atoms with Gasteiger partial charge in [0.1, 0.15) is 0 Å². The van der Waals surface area contributed by atoms with Crippen LogP contribution in [0.5, 0.6) is 0 Å². The SMILES string of the molecule is CC(C)(C)O.Cc1cc2nc(-n3ccc4cnccc4c3=O)sc2c(-c2ccc(Cl)cc2)c1CC(=O)O. The molecule has 37 heavy (non-hydrogen) atoms. The number of hydrogen-bond acceptors (Lipinski definition) is 6. The van der Waals surface area contributed by atoms with Gasteiger partial charge in [0.05, 0.1) is 27.6 Å². The summed E-state index contributed by atoms with van der Waals surface area (Å²) >= 11 is 7.43. The predicted octanol–water partition coefficient (Wildman–Crippen LogP) is 6.03. The van der Waals surface area contributed by atoms with Gasteiger partial charge >= 0.3 is 5.97 Å². The zero-order valence-electron chi connectivity index (χ0n) is 20.8. The number of fused-ring (bicyclic) bond motifs is 2. The number of aryl methyl sites for hydroxylation is 1. The molecule has 0 radical (unpaired) electrons. The molecule has 0 amide bonds. The fraction of sp³-hybridized carbons (Fsp3) is 0.214. The fourth-order valence-electron chi connectivity index (χ4n) is 3.86. The van der Waals surface area contributed by atoms with E-state index in [1.165, 1.54) is 15.9 Å². The van der Waals surface area contributed by atoms with Gasteiger partial charge in [-0.2, -0.15) is 0 Å². The van der Waals surface area contributed by atoms with Crippen molar-refractivity contribution < 1.29 is 15.0 Å². The lowest BCUT2D eigenvalue weighted by molar-refractivity contribution is -0.136. The number of carbonyl (C=O) groups is 1. The third-order valence-electron chi connectivity index (χ3n) is 5.37. The number of carboxylic acid groups (broad SMARTS) is 1. The second kappa shape index (κ2) is 10.4. The number of thiazole rings is 1. The van der Waals surface area contributed by atoms with Crippen molar-refractivity contribution in [2.24, 2.45) is 0 Å². The summed E-state index contributed by atoms with van der Waals surface area (Å²) in [6.07, 6.45) is 4.82. The zero-order chi connectivity index (χ0) is 26.9. The first-order valence-electron chi connectivity index (χ1n) is 11.5. The van der Waals surface area contributed by atoms with Gasteiger partial charge in [0.2, 0.25) is 0 Å². The van der Waals surface area contributed by atoms with Crippen molar-refractivity contribution in [1.82, 2.24) is 14.5 Å². The molecule has 0 spiro atoms. The molecule has 7 nitrogen and oxygen atoms in total. The van der Waals surface area contributed by atoms with Gasteiger partial charge in [0, 0.05) is 34.6 Å². The summed E-state index contributed by atoms with van der Waals surface area (Å²) in [4.78, 5) is 33.5. The minimum Gasteiger partial charge on any atom is -0.481 e. The van der Waals surface area contributed by atoms with E-state index in [9.17, 15) is 14.7 Å². The van der Waals surface area contributed by atoms with E-state index in [1.54, 1.807) is 57.6 Å². The van der Waals surface area contributed by atoms with Gasteiger partial charge < -0.3 is 10.2 Å². The summed E-state index contributed by atoms with van der Waals surface area (Å²) < 4.78 is 2.34. The maximum absolute atomic E-state index is 13.1. The van der Waals surface area contributed by atoms with E-state index in [1.807, 2.05) is 31.2 Å². The van der Waals surface area contributed by atoms with Gasteiger partial charge in [0.25, 0.3) is 5.56 Å². The Bertz CT molecular complexity index is 1660. The van der Waals surface area contributed by atoms with Crippen LogP contribution in [0.3, 0.4) is 0 Å². The molecule has 2 N–H and O–H groups in total. The maximum atomic E-state index is 13.1. The zero-order valence-corrected chi connectivity index (χ0v) is 22.4. The molecule has 190 valence electrons. The van der Waals surface area contributed by atoms with Crippen LogP contribution in [-0.2, 0) is 11.2 Å². The number of aliphatic carboxylic acids is 1. The standard InChI is InChI=1S/C24H16ClN3O3S.C4H10O/c1-13-10-19-22(21(18(13)11-20(29)30)14-2-4-16(25)5-3-14)32-24(27-19)28-9-7-15-12-26-8-6-17(15)23(28)31;1-4(2,3)5/h2-10,12H,11H2,1H3,(H,29,30);5H,1-3H3. The van der Waals surface area contributed by atoms with Crippen LogP contribution < -0.4 is 5.56 Å². The number of hydrogen-bond donors (Lipinski definition) is 2. The van der Waals surface area contributed by atoms with E-state index in [-0.39, 0.29) is 12.0 Å². The van der Waals surface area contributed by atoms with Crippen molar-refractivity contribution in [2.45, 2.75) is 39.7 Å². The highest BCUT2D eigenvalue weighted by atomic mass is 35.5. The molecule has 0 aliphatic rings. The third kappa shape index (κ3) is 6.05. The summed E-state index contributed by atoms with van der Waals surface area (Å²) in [5.41, 5.74) is 3.24. The van der Waals surface area contributed by atoms with Crippen molar-refractivity contribution in [3.05, 3.63) is 87.6 Å². The number of benzene rings is 2. The molecular formula is C28H26ClN3O4S. The molecule has 0 saturated heterocycles. The highest BCUT2D eigenvalue weighted by Gasteiger charge is 2.20. The van der Waals surface area contributed by atoms with Crippen LogP contribution >= 0.6 is 22.9 Å². The number of aromatic nitrogens is 3. The molecule has 0 fully saturated rings. The lowest BCUT2D eigenvalue weighted by Gasteiger charge is -2.13. The van der Waals surface area contributed by atoms with Gasteiger partial charge in [-0.05, 0) is 74.7 Å². The molecule has 0 aliphatic heterocycles. The second-order valence-corrected chi connectivity index (χ2v) is 11.0. The molecule has 9 heteroatoms. The van der Waals surface area contributed by atoms with Crippen molar-refractivity contribution in [1.29, 1.82) is 0 Å². The third-order valence-corrected chi connectivity index (χ3v) is 6.71. The van der Waals surface area contributed by atoms with E-state index in [2.05, 4.69) is 4.98 Å². The van der Waals surface area contributed by atoms with Crippen LogP contribution in [0.4, 0.5) is 0 Å². The molecule has 0 aliphatic carbocycles. The summed E-state index contributed by atoms with van der Waals surface area (Å²) in [7, 11) is 0. The monoisotopic (exact) mass is 535 g/mol. The van der Waals surface area contributed by atoms with Gasteiger partial charge in [-0.3, -0.25) is 19.1 Å². The van der Waals surface area contributed by atoms with Gasteiger partial charge in [-0.15, -0.1) is 0 Å². The van der Waals surface area contributed by atoms with Crippen molar-refractivity contribution in [3.63, 3.8) is 0 Å². The Morgan fingerprint density at radius 1 is 1.14 bits per heavy atom. The number of rotatable bonds is 4. The first-order valence-corrected chi connectivity index (χ1v) is 12.7. The Labute approximate surface area is 222 Å². The minimum atomic E-state index is -0.910. The lowest BCUT2D eigenvalue weighted by atomic mass is 9.93. The minimum absolute atomic E-state index is 0.115. The molecule has 5 rings (SSSR count). The van der Waals surface area contributed by atoms with Gasteiger partial charge in [0.15, 0.2) is 5.13 Å². The normalized spacial score (nSPS) is 11.4. The van der Waals surface area contributed by atoms with E-state index >= 15 is 0 Å². The Morgan fingerprint density at radius 3 is 2.46 bits per heavy atom. The molecule has 0 atom stereocenters. The van der Waals surface area contributed by atoms with E-state index in [4.69, 9.17) is 21.7 Å². The Kier molecular flexibility index (Phi) is 7.45. The van der Waals surface area contributed by atoms with E-state index in [0.29, 0.717) is 21.1 Å². The number of nitrogens with zero attached hydrogens (tertiary/aromatic N) is 3. The van der Waals surface area contributed by atoms with Gasteiger partial charge in [-0.1, -0.05) is 35.1 Å². The average molecular weight is 536 g/mol. The van der Waals surface area contributed by atoms with Crippen molar-refractivity contribution >= 4 is 49.9 Å². The number of halogens is 1. The van der Waals surface area contributed by atoms with E-state index < -0.39 is 11.6 Å². The predicted molar refractivity (Wildman–Crippen MR) is 149 cm³/mol. The summed E-state index contributed by atoms with van der Waals surface area (Å²) in [5.74, 6) is -0.910. The lowest BCUT2D eigenvalue weighted by Crippen LogP contribution is -2.17. The van der Waals surface area contributed by atoms with E-state index in [0.717, 1.165) is 32.3 Å². The van der Waals surface area contributed by atoms with Crippen LogP contribution in [0.2, 0.25) is 5.02 Å². The fourth-order valence-corrected chi connectivity index (χ4v) is 5.11. The largest absolute Gasteiger partial charge is 0.481 e. The molecule has 0 bridgehead atoms. The Balaban J connectivity index is 0.000000586. The van der Waals surface area contributed by atoms with Crippen LogP contribution in [0, 0.1) is 6.92 Å². The second-order valence-electron chi connectivity index (χ2n) is 9.59. The number of carboxylic acids is 1.